The lowest BCUT2D eigenvalue weighted by atomic mass is 9.82. The highest BCUT2D eigenvalue weighted by atomic mass is 15.2. The van der Waals surface area contributed by atoms with Gasteiger partial charge in [0.15, 0.2) is 0 Å². The van der Waals surface area contributed by atoms with Crippen molar-refractivity contribution in [2.24, 2.45) is 0 Å². The van der Waals surface area contributed by atoms with Gasteiger partial charge in [-0.05, 0) is 46.4 Å². The van der Waals surface area contributed by atoms with Crippen molar-refractivity contribution in [3.63, 3.8) is 0 Å². The average molecular weight is 184 g/mol. The Hall–Kier alpha value is -0.0800. The summed E-state index contributed by atoms with van der Waals surface area (Å²) in [4.78, 5) is 2.45. The van der Waals surface area contributed by atoms with Crippen LogP contribution in [0.2, 0.25) is 0 Å². The maximum atomic E-state index is 3.44. The summed E-state index contributed by atoms with van der Waals surface area (Å²) >= 11 is 0. The molecule has 0 spiro atoms. The second-order valence-corrected chi connectivity index (χ2v) is 4.47. The van der Waals surface area contributed by atoms with Crippen LogP contribution < -0.4 is 5.32 Å². The lowest BCUT2D eigenvalue weighted by Crippen LogP contribution is -2.51. The van der Waals surface area contributed by atoms with Crippen LogP contribution in [0, 0.1) is 0 Å². The molecule has 0 aromatic rings. The molecule has 78 valence electrons. The third-order valence-electron chi connectivity index (χ3n) is 3.48. The molecule has 1 fully saturated rings. The van der Waals surface area contributed by atoms with Gasteiger partial charge in [-0.1, -0.05) is 19.8 Å². The lowest BCUT2D eigenvalue weighted by molar-refractivity contribution is 0.0954. The maximum Gasteiger partial charge on any atom is 0.0227 e. The van der Waals surface area contributed by atoms with E-state index >= 15 is 0 Å². The van der Waals surface area contributed by atoms with Crippen molar-refractivity contribution in [1.82, 2.24) is 10.2 Å². The quantitative estimate of drug-likeness (QED) is 0.717. The molecule has 0 atom stereocenters. The lowest BCUT2D eigenvalue weighted by Gasteiger charge is -2.43. The summed E-state index contributed by atoms with van der Waals surface area (Å²) in [6.45, 7) is 4.67. The summed E-state index contributed by atoms with van der Waals surface area (Å²) < 4.78 is 0. The van der Waals surface area contributed by atoms with Crippen LogP contribution >= 0.6 is 0 Å². The Morgan fingerprint density at radius 2 is 1.85 bits per heavy atom. The van der Waals surface area contributed by atoms with Crippen LogP contribution in [0.25, 0.3) is 0 Å². The third kappa shape index (κ3) is 2.68. The number of piperidine rings is 1. The number of rotatable bonds is 4. The molecule has 1 N–H and O–H groups in total. The fourth-order valence-electron chi connectivity index (χ4n) is 2.32. The first-order valence-corrected chi connectivity index (χ1v) is 5.59. The topological polar surface area (TPSA) is 15.3 Å². The molecule has 2 nitrogen and oxygen atoms in total. The molecule has 0 bridgehead atoms. The highest BCUT2D eigenvalue weighted by Gasteiger charge is 2.32. The normalized spacial score (nSPS) is 22.2. The van der Waals surface area contributed by atoms with Gasteiger partial charge in [0.25, 0.3) is 0 Å². The van der Waals surface area contributed by atoms with Gasteiger partial charge >= 0.3 is 0 Å². The molecule has 0 radical (unpaired) electrons. The zero-order chi connectivity index (χ0) is 9.73. The first-order valence-electron chi connectivity index (χ1n) is 5.59. The first kappa shape index (κ1) is 11.0. The molecule has 1 saturated heterocycles. The van der Waals surface area contributed by atoms with Gasteiger partial charge in [-0.25, -0.2) is 0 Å². The first-order chi connectivity index (χ1) is 6.21. The molecule has 1 aliphatic heterocycles. The standard InChI is InChI=1S/C11H24N2/c1-4-5-6-11(13(2)3)7-9-12-10-8-11/h12H,4-10H2,1-3H3. The molecule has 13 heavy (non-hydrogen) atoms. The second-order valence-electron chi connectivity index (χ2n) is 4.47. The third-order valence-corrected chi connectivity index (χ3v) is 3.48. The maximum absolute atomic E-state index is 3.44. The van der Waals surface area contributed by atoms with E-state index in [0.29, 0.717) is 5.54 Å². The fraction of sp³-hybridized carbons (Fsp3) is 1.00. The van der Waals surface area contributed by atoms with Crippen molar-refractivity contribution in [2.75, 3.05) is 27.2 Å². The van der Waals surface area contributed by atoms with Gasteiger partial charge in [-0.15, -0.1) is 0 Å². The van der Waals surface area contributed by atoms with E-state index in [2.05, 4.69) is 31.2 Å². The molecule has 0 aromatic carbocycles. The van der Waals surface area contributed by atoms with E-state index in [4.69, 9.17) is 0 Å². The van der Waals surface area contributed by atoms with Crippen molar-refractivity contribution in [3.05, 3.63) is 0 Å². The van der Waals surface area contributed by atoms with Crippen LogP contribution in [-0.2, 0) is 0 Å². The monoisotopic (exact) mass is 184 g/mol. The highest BCUT2D eigenvalue weighted by molar-refractivity contribution is 4.91. The Labute approximate surface area is 82.7 Å². The molecule has 1 rings (SSSR count). The van der Waals surface area contributed by atoms with Crippen LogP contribution in [-0.4, -0.2) is 37.6 Å². The van der Waals surface area contributed by atoms with Gasteiger partial charge in [-0.3, -0.25) is 0 Å². The molecule has 0 amide bonds. The van der Waals surface area contributed by atoms with Crippen molar-refractivity contribution >= 4 is 0 Å². The minimum atomic E-state index is 0.501. The molecular weight excluding hydrogens is 160 g/mol. The molecule has 0 aliphatic carbocycles. The summed E-state index contributed by atoms with van der Waals surface area (Å²) in [7, 11) is 4.47. The number of nitrogens with zero attached hydrogens (tertiary/aromatic N) is 1. The Bertz CT molecular complexity index is 137. The molecule has 0 unspecified atom stereocenters. The molecule has 0 saturated carbocycles. The molecule has 2 heteroatoms. The van der Waals surface area contributed by atoms with Gasteiger partial charge < -0.3 is 10.2 Å². The Morgan fingerprint density at radius 3 is 2.31 bits per heavy atom. The van der Waals surface area contributed by atoms with Crippen molar-refractivity contribution < 1.29 is 0 Å². The van der Waals surface area contributed by atoms with E-state index in [1.807, 2.05) is 0 Å². The van der Waals surface area contributed by atoms with Crippen molar-refractivity contribution in [1.29, 1.82) is 0 Å². The Balaban J connectivity index is 2.51. The zero-order valence-corrected chi connectivity index (χ0v) is 9.40. The van der Waals surface area contributed by atoms with E-state index in [1.165, 1.54) is 45.2 Å². The Morgan fingerprint density at radius 1 is 1.23 bits per heavy atom. The van der Waals surface area contributed by atoms with Crippen molar-refractivity contribution in [3.8, 4) is 0 Å². The predicted molar refractivity (Wildman–Crippen MR) is 58.0 cm³/mol. The van der Waals surface area contributed by atoms with Gasteiger partial charge in [0.1, 0.15) is 0 Å². The second kappa shape index (κ2) is 4.97. The van der Waals surface area contributed by atoms with Crippen LogP contribution in [0.5, 0.6) is 0 Å². The SMILES string of the molecule is CCCCC1(N(C)C)CCNCC1. The summed E-state index contributed by atoms with van der Waals surface area (Å²) in [5, 5.41) is 3.44. The van der Waals surface area contributed by atoms with E-state index in [-0.39, 0.29) is 0 Å². The van der Waals surface area contributed by atoms with Crippen LogP contribution in [0.1, 0.15) is 39.0 Å². The van der Waals surface area contributed by atoms with E-state index < -0.39 is 0 Å². The molecule has 1 heterocycles. The summed E-state index contributed by atoms with van der Waals surface area (Å²) in [5.74, 6) is 0. The minimum absolute atomic E-state index is 0.501. The smallest absolute Gasteiger partial charge is 0.0227 e. The molecular formula is C11H24N2. The highest BCUT2D eigenvalue weighted by Crippen LogP contribution is 2.29. The number of hydrogen-bond donors (Lipinski definition) is 1. The number of unbranched alkanes of at least 4 members (excludes halogenated alkanes) is 1. The average Bonchev–Trinajstić information content (AvgIpc) is 2.16. The molecule has 0 aromatic heterocycles. The summed E-state index contributed by atoms with van der Waals surface area (Å²) in [5.41, 5.74) is 0.501. The summed E-state index contributed by atoms with van der Waals surface area (Å²) in [6.07, 6.45) is 6.71. The number of nitrogens with one attached hydrogen (secondary N) is 1. The van der Waals surface area contributed by atoms with Gasteiger partial charge in [0.2, 0.25) is 0 Å². The minimum Gasteiger partial charge on any atom is -0.317 e. The van der Waals surface area contributed by atoms with Crippen LogP contribution in [0.4, 0.5) is 0 Å². The van der Waals surface area contributed by atoms with E-state index in [1.54, 1.807) is 0 Å². The Kier molecular flexibility index (Phi) is 4.20. The zero-order valence-electron chi connectivity index (χ0n) is 9.40. The predicted octanol–water partition coefficient (Wildman–Crippen LogP) is 1.86. The molecule has 1 aliphatic rings. The summed E-state index contributed by atoms with van der Waals surface area (Å²) in [6, 6.07) is 0. The van der Waals surface area contributed by atoms with Crippen molar-refractivity contribution in [2.45, 2.75) is 44.6 Å². The van der Waals surface area contributed by atoms with E-state index in [0.717, 1.165) is 0 Å². The fourth-order valence-corrected chi connectivity index (χ4v) is 2.32. The van der Waals surface area contributed by atoms with E-state index in [9.17, 15) is 0 Å². The van der Waals surface area contributed by atoms with Gasteiger partial charge in [0.05, 0.1) is 0 Å². The largest absolute Gasteiger partial charge is 0.317 e. The van der Waals surface area contributed by atoms with Gasteiger partial charge in [-0.2, -0.15) is 0 Å². The van der Waals surface area contributed by atoms with Gasteiger partial charge in [0, 0.05) is 5.54 Å². The number of hydrogen-bond acceptors (Lipinski definition) is 2. The van der Waals surface area contributed by atoms with Crippen LogP contribution in [0.3, 0.4) is 0 Å². The van der Waals surface area contributed by atoms with Crippen LogP contribution in [0.15, 0.2) is 0 Å².